The van der Waals surface area contributed by atoms with Crippen LogP contribution in [-0.4, -0.2) is 29.0 Å². The second-order valence-corrected chi connectivity index (χ2v) is 6.43. The van der Waals surface area contributed by atoms with Gasteiger partial charge in [-0.25, -0.2) is 9.97 Å². The molecule has 3 aromatic rings. The van der Waals surface area contributed by atoms with Crippen LogP contribution in [0.5, 0.6) is 5.75 Å². The first kappa shape index (κ1) is 17.0. The Morgan fingerprint density at radius 1 is 1.04 bits per heavy atom. The first-order valence-corrected chi connectivity index (χ1v) is 8.88. The van der Waals surface area contributed by atoms with E-state index in [0.29, 0.717) is 34.8 Å². The summed E-state index contributed by atoms with van der Waals surface area (Å²) in [5, 5.41) is 6.22. The van der Waals surface area contributed by atoms with E-state index in [1.165, 1.54) is 0 Å². The molecular formula is C21H20N4O2. The highest BCUT2D eigenvalue weighted by molar-refractivity contribution is 6.03. The largest absolute Gasteiger partial charge is 0.497 e. The fourth-order valence-corrected chi connectivity index (χ4v) is 2.69. The summed E-state index contributed by atoms with van der Waals surface area (Å²) in [5.74, 6) is 1.58. The summed E-state index contributed by atoms with van der Waals surface area (Å²) in [6, 6.07) is 19.0. The van der Waals surface area contributed by atoms with E-state index < -0.39 is 0 Å². The Morgan fingerprint density at radius 3 is 2.59 bits per heavy atom. The number of carbonyl (C=O) groups is 1. The molecule has 2 N–H and O–H groups in total. The van der Waals surface area contributed by atoms with Crippen LogP contribution in [-0.2, 0) is 0 Å². The standard InChI is InChI=1S/C21H20N4O2/c1-27-17-9-5-8-16(12-17)23-21(26)18-13-19(22-15-10-11-15)25-20(24-18)14-6-3-2-4-7-14/h2-9,12-13,15H,10-11H2,1H3,(H,23,26)(H,22,24,25). The van der Waals surface area contributed by atoms with Crippen molar-refractivity contribution in [1.29, 1.82) is 0 Å². The molecule has 0 radical (unpaired) electrons. The number of amides is 1. The molecule has 1 heterocycles. The zero-order valence-electron chi connectivity index (χ0n) is 15.0. The number of methoxy groups -OCH3 is 1. The lowest BCUT2D eigenvalue weighted by atomic mass is 10.2. The Morgan fingerprint density at radius 2 is 1.85 bits per heavy atom. The Bertz CT molecular complexity index is 955. The van der Waals surface area contributed by atoms with Gasteiger partial charge >= 0.3 is 0 Å². The van der Waals surface area contributed by atoms with Crippen molar-refractivity contribution in [3.8, 4) is 17.1 Å². The molecule has 1 aliphatic rings. The number of benzene rings is 2. The molecule has 0 saturated heterocycles. The number of hydrogen-bond donors (Lipinski definition) is 2. The molecule has 27 heavy (non-hydrogen) atoms. The SMILES string of the molecule is COc1cccc(NC(=O)c2cc(NC3CC3)nc(-c3ccccc3)n2)c1. The predicted molar refractivity (Wildman–Crippen MR) is 105 cm³/mol. The zero-order valence-corrected chi connectivity index (χ0v) is 15.0. The molecule has 6 heteroatoms. The maximum absolute atomic E-state index is 12.8. The van der Waals surface area contributed by atoms with Crippen molar-refractivity contribution in [1.82, 2.24) is 9.97 Å². The number of rotatable bonds is 6. The van der Waals surface area contributed by atoms with Gasteiger partial charge in [-0.3, -0.25) is 4.79 Å². The molecule has 1 fully saturated rings. The van der Waals surface area contributed by atoms with Crippen molar-refractivity contribution in [3.05, 3.63) is 66.4 Å². The van der Waals surface area contributed by atoms with Crippen molar-refractivity contribution in [2.45, 2.75) is 18.9 Å². The van der Waals surface area contributed by atoms with Gasteiger partial charge in [0.15, 0.2) is 5.82 Å². The van der Waals surface area contributed by atoms with Crippen molar-refractivity contribution in [3.63, 3.8) is 0 Å². The molecule has 136 valence electrons. The minimum Gasteiger partial charge on any atom is -0.497 e. The normalized spacial score (nSPS) is 13.1. The summed E-state index contributed by atoms with van der Waals surface area (Å²) in [6.07, 6.45) is 2.24. The van der Waals surface area contributed by atoms with E-state index in [0.717, 1.165) is 18.4 Å². The zero-order chi connectivity index (χ0) is 18.6. The van der Waals surface area contributed by atoms with Gasteiger partial charge < -0.3 is 15.4 Å². The van der Waals surface area contributed by atoms with E-state index in [1.54, 1.807) is 19.2 Å². The van der Waals surface area contributed by atoms with E-state index in [4.69, 9.17) is 4.74 Å². The lowest BCUT2D eigenvalue weighted by Gasteiger charge is -2.11. The summed E-state index contributed by atoms with van der Waals surface area (Å²) >= 11 is 0. The highest BCUT2D eigenvalue weighted by Gasteiger charge is 2.23. The monoisotopic (exact) mass is 360 g/mol. The van der Waals surface area contributed by atoms with Crippen LogP contribution in [0.3, 0.4) is 0 Å². The molecule has 2 aromatic carbocycles. The average molecular weight is 360 g/mol. The average Bonchev–Trinajstić information content (AvgIpc) is 3.52. The first-order chi connectivity index (χ1) is 13.2. The third-order valence-corrected chi connectivity index (χ3v) is 4.25. The summed E-state index contributed by atoms with van der Waals surface area (Å²) in [7, 11) is 1.59. The molecular weight excluding hydrogens is 340 g/mol. The van der Waals surface area contributed by atoms with Gasteiger partial charge in [-0.05, 0) is 25.0 Å². The molecule has 0 unspecified atom stereocenters. The molecule has 1 amide bonds. The lowest BCUT2D eigenvalue weighted by Crippen LogP contribution is -2.16. The molecule has 1 aromatic heterocycles. The molecule has 0 bridgehead atoms. The second-order valence-electron chi connectivity index (χ2n) is 6.43. The number of aromatic nitrogens is 2. The van der Waals surface area contributed by atoms with Crippen LogP contribution in [0.15, 0.2) is 60.7 Å². The van der Waals surface area contributed by atoms with Crippen LogP contribution in [0.1, 0.15) is 23.3 Å². The Balaban J connectivity index is 1.64. The first-order valence-electron chi connectivity index (χ1n) is 8.88. The maximum Gasteiger partial charge on any atom is 0.274 e. The van der Waals surface area contributed by atoms with Gasteiger partial charge in [0.05, 0.1) is 7.11 Å². The second kappa shape index (κ2) is 7.45. The molecule has 4 rings (SSSR count). The summed E-state index contributed by atoms with van der Waals surface area (Å²) in [5.41, 5.74) is 1.83. The van der Waals surface area contributed by atoms with Crippen LogP contribution >= 0.6 is 0 Å². The van der Waals surface area contributed by atoms with Gasteiger partial charge in [-0.15, -0.1) is 0 Å². The summed E-state index contributed by atoms with van der Waals surface area (Å²) < 4.78 is 5.20. The highest BCUT2D eigenvalue weighted by Crippen LogP contribution is 2.26. The van der Waals surface area contributed by atoms with Gasteiger partial charge in [0.25, 0.3) is 5.91 Å². The number of anilines is 2. The van der Waals surface area contributed by atoms with E-state index in [2.05, 4.69) is 20.6 Å². The number of nitrogens with zero attached hydrogens (tertiary/aromatic N) is 2. The summed E-state index contributed by atoms with van der Waals surface area (Å²) in [4.78, 5) is 21.8. The predicted octanol–water partition coefficient (Wildman–Crippen LogP) is 3.98. The molecule has 1 aliphatic carbocycles. The Kier molecular flexibility index (Phi) is 4.70. The minimum absolute atomic E-state index is 0.290. The van der Waals surface area contributed by atoms with Crippen LogP contribution in [0.4, 0.5) is 11.5 Å². The molecule has 0 aliphatic heterocycles. The molecule has 0 atom stereocenters. The van der Waals surface area contributed by atoms with Gasteiger partial charge in [0.1, 0.15) is 17.3 Å². The van der Waals surface area contributed by atoms with E-state index in [1.807, 2.05) is 48.5 Å². The van der Waals surface area contributed by atoms with Crippen molar-refractivity contribution in [2.24, 2.45) is 0 Å². The van der Waals surface area contributed by atoms with E-state index in [-0.39, 0.29) is 5.91 Å². The fraction of sp³-hybridized carbons (Fsp3) is 0.190. The van der Waals surface area contributed by atoms with Crippen LogP contribution in [0, 0.1) is 0 Å². The summed E-state index contributed by atoms with van der Waals surface area (Å²) in [6.45, 7) is 0. The number of carbonyl (C=O) groups excluding carboxylic acids is 1. The van der Waals surface area contributed by atoms with E-state index in [9.17, 15) is 4.79 Å². The lowest BCUT2D eigenvalue weighted by molar-refractivity contribution is 0.102. The van der Waals surface area contributed by atoms with Crippen LogP contribution in [0.25, 0.3) is 11.4 Å². The van der Waals surface area contributed by atoms with Gasteiger partial charge in [0, 0.05) is 29.4 Å². The van der Waals surface area contributed by atoms with Crippen molar-refractivity contribution >= 4 is 17.4 Å². The topological polar surface area (TPSA) is 76.1 Å². The Labute approximate surface area is 157 Å². The van der Waals surface area contributed by atoms with Gasteiger partial charge in [-0.2, -0.15) is 0 Å². The highest BCUT2D eigenvalue weighted by atomic mass is 16.5. The quantitative estimate of drug-likeness (QED) is 0.695. The molecule has 0 spiro atoms. The van der Waals surface area contributed by atoms with Gasteiger partial charge in [0.2, 0.25) is 0 Å². The van der Waals surface area contributed by atoms with Crippen molar-refractivity contribution < 1.29 is 9.53 Å². The third-order valence-electron chi connectivity index (χ3n) is 4.25. The number of ether oxygens (including phenoxy) is 1. The van der Waals surface area contributed by atoms with E-state index >= 15 is 0 Å². The fourth-order valence-electron chi connectivity index (χ4n) is 2.69. The Hall–Kier alpha value is -3.41. The van der Waals surface area contributed by atoms with Crippen LogP contribution in [0.2, 0.25) is 0 Å². The number of hydrogen-bond acceptors (Lipinski definition) is 5. The van der Waals surface area contributed by atoms with Crippen LogP contribution < -0.4 is 15.4 Å². The minimum atomic E-state index is -0.290. The maximum atomic E-state index is 12.8. The number of nitrogens with one attached hydrogen (secondary N) is 2. The van der Waals surface area contributed by atoms with Crippen molar-refractivity contribution in [2.75, 3.05) is 17.7 Å². The molecule has 6 nitrogen and oxygen atoms in total. The van der Waals surface area contributed by atoms with Gasteiger partial charge in [-0.1, -0.05) is 36.4 Å². The molecule has 1 saturated carbocycles. The third kappa shape index (κ3) is 4.23. The smallest absolute Gasteiger partial charge is 0.274 e.